The van der Waals surface area contributed by atoms with E-state index in [2.05, 4.69) is 22.0 Å². The van der Waals surface area contributed by atoms with Crippen LogP contribution >= 0.6 is 0 Å². The molecule has 2 fully saturated rings. The van der Waals surface area contributed by atoms with Gasteiger partial charge in [-0.3, -0.25) is 4.79 Å². The summed E-state index contributed by atoms with van der Waals surface area (Å²) in [5.41, 5.74) is 0.765. The lowest BCUT2D eigenvalue weighted by atomic mass is 10.0. The molecule has 3 unspecified atom stereocenters. The van der Waals surface area contributed by atoms with Crippen molar-refractivity contribution in [1.29, 1.82) is 0 Å². The molecule has 0 saturated carbocycles. The van der Waals surface area contributed by atoms with Gasteiger partial charge in [-0.15, -0.1) is 15.3 Å². The number of fused-ring (bicyclic) bond motifs is 2. The van der Waals surface area contributed by atoms with E-state index in [-0.39, 0.29) is 5.91 Å². The summed E-state index contributed by atoms with van der Waals surface area (Å²) in [6, 6.07) is 4.77. The summed E-state index contributed by atoms with van der Waals surface area (Å²) in [5, 5.41) is 12.9. The van der Waals surface area contributed by atoms with Crippen LogP contribution in [0.15, 0.2) is 12.1 Å². The van der Waals surface area contributed by atoms with Gasteiger partial charge in [0.05, 0.1) is 6.04 Å². The Morgan fingerprint density at radius 1 is 1.27 bits per heavy atom. The second kappa shape index (κ2) is 4.66. The van der Waals surface area contributed by atoms with E-state index in [1.54, 1.807) is 11.4 Å². The summed E-state index contributed by atoms with van der Waals surface area (Å²) < 4.78 is 1.78. The second-order valence-corrected chi connectivity index (χ2v) is 6.45. The van der Waals surface area contributed by atoms with E-state index in [1.807, 2.05) is 24.0 Å². The largest absolute Gasteiger partial charge is 0.347 e. The molecule has 0 radical (unpaired) electrons. The SMILES string of the molecule is CC(=O)N1CC2CC(C)N(c3ccc4nnc(C)n4n3)C2C1. The van der Waals surface area contributed by atoms with Crippen molar-refractivity contribution in [2.45, 2.75) is 39.3 Å². The number of aromatic nitrogens is 4. The standard InChI is InChI=1S/C15H20N6O/c1-9-6-12-7-19(11(3)22)8-13(12)20(9)15-5-4-14-17-16-10(2)21(14)18-15/h4-5,9,12-13H,6-8H2,1-3H3. The highest BCUT2D eigenvalue weighted by Crippen LogP contribution is 2.38. The van der Waals surface area contributed by atoms with E-state index >= 15 is 0 Å². The molecule has 4 heterocycles. The van der Waals surface area contributed by atoms with Crippen LogP contribution in [0, 0.1) is 12.8 Å². The Labute approximate surface area is 128 Å². The smallest absolute Gasteiger partial charge is 0.219 e. The molecule has 0 aliphatic carbocycles. The number of carbonyl (C=O) groups excluding carboxylic acids is 1. The van der Waals surface area contributed by atoms with E-state index in [1.165, 1.54) is 0 Å². The molecule has 116 valence electrons. The second-order valence-electron chi connectivity index (χ2n) is 6.45. The van der Waals surface area contributed by atoms with Crippen molar-refractivity contribution >= 4 is 17.4 Å². The van der Waals surface area contributed by atoms with Crippen molar-refractivity contribution in [1.82, 2.24) is 24.7 Å². The fourth-order valence-electron chi connectivity index (χ4n) is 3.96. The number of rotatable bonds is 1. The lowest BCUT2D eigenvalue weighted by Crippen LogP contribution is -2.40. The Morgan fingerprint density at radius 3 is 2.86 bits per heavy atom. The van der Waals surface area contributed by atoms with Crippen molar-refractivity contribution < 1.29 is 4.79 Å². The lowest BCUT2D eigenvalue weighted by Gasteiger charge is -2.29. The van der Waals surface area contributed by atoms with Gasteiger partial charge in [-0.05, 0) is 32.4 Å². The number of hydrogen-bond donors (Lipinski definition) is 0. The first-order chi connectivity index (χ1) is 10.5. The highest BCUT2D eigenvalue weighted by Gasteiger charge is 2.46. The summed E-state index contributed by atoms with van der Waals surface area (Å²) in [6.07, 6.45) is 1.11. The molecule has 1 amide bonds. The molecule has 0 spiro atoms. The molecule has 7 heteroatoms. The van der Waals surface area contributed by atoms with Crippen LogP contribution in [0.25, 0.3) is 5.65 Å². The van der Waals surface area contributed by atoms with Gasteiger partial charge in [-0.1, -0.05) is 0 Å². The number of likely N-dealkylation sites (tertiary alicyclic amines) is 1. The normalized spacial score (nSPS) is 27.7. The topological polar surface area (TPSA) is 66.6 Å². The van der Waals surface area contributed by atoms with E-state index in [0.717, 1.165) is 36.8 Å². The molecular formula is C15H20N6O. The zero-order chi connectivity index (χ0) is 15.4. The van der Waals surface area contributed by atoms with Gasteiger partial charge in [0, 0.05) is 32.0 Å². The number of nitrogens with zero attached hydrogens (tertiary/aromatic N) is 6. The van der Waals surface area contributed by atoms with Gasteiger partial charge in [0.1, 0.15) is 5.82 Å². The fourth-order valence-corrected chi connectivity index (χ4v) is 3.96. The van der Waals surface area contributed by atoms with Gasteiger partial charge in [-0.25, -0.2) is 0 Å². The summed E-state index contributed by atoms with van der Waals surface area (Å²) in [4.78, 5) is 16.0. The molecule has 4 rings (SSSR count). The van der Waals surface area contributed by atoms with Crippen LogP contribution in [-0.4, -0.2) is 55.8 Å². The van der Waals surface area contributed by atoms with Gasteiger partial charge >= 0.3 is 0 Å². The zero-order valence-electron chi connectivity index (χ0n) is 13.1. The van der Waals surface area contributed by atoms with Crippen LogP contribution in [0.1, 0.15) is 26.1 Å². The molecule has 2 aliphatic rings. The Hall–Kier alpha value is -2.18. The predicted octanol–water partition coefficient (Wildman–Crippen LogP) is 0.878. The molecule has 0 bridgehead atoms. The van der Waals surface area contributed by atoms with Crippen molar-refractivity contribution in [3.63, 3.8) is 0 Å². The third-order valence-corrected chi connectivity index (χ3v) is 5.00. The Kier molecular flexibility index (Phi) is 2.85. The molecule has 0 aromatic carbocycles. The number of hydrogen-bond acceptors (Lipinski definition) is 5. The monoisotopic (exact) mass is 300 g/mol. The van der Waals surface area contributed by atoms with Crippen molar-refractivity contribution in [2.24, 2.45) is 5.92 Å². The first-order valence-electron chi connectivity index (χ1n) is 7.77. The average Bonchev–Trinajstić information content (AvgIpc) is 3.12. The van der Waals surface area contributed by atoms with Crippen LogP contribution in [0.2, 0.25) is 0 Å². The lowest BCUT2D eigenvalue weighted by molar-refractivity contribution is -0.128. The first-order valence-corrected chi connectivity index (χ1v) is 7.77. The molecule has 2 aromatic rings. The molecule has 3 atom stereocenters. The minimum atomic E-state index is 0.167. The van der Waals surface area contributed by atoms with Crippen LogP contribution in [-0.2, 0) is 4.79 Å². The third-order valence-electron chi connectivity index (χ3n) is 5.00. The van der Waals surface area contributed by atoms with Crippen molar-refractivity contribution in [3.05, 3.63) is 18.0 Å². The maximum atomic E-state index is 11.7. The average molecular weight is 300 g/mol. The summed E-state index contributed by atoms with van der Waals surface area (Å²) in [6.45, 7) is 7.46. The first kappa shape index (κ1) is 13.5. The Bertz CT molecular complexity index is 741. The quantitative estimate of drug-likeness (QED) is 0.782. The van der Waals surface area contributed by atoms with E-state index in [9.17, 15) is 4.79 Å². The Morgan fingerprint density at radius 2 is 2.09 bits per heavy atom. The van der Waals surface area contributed by atoms with Crippen LogP contribution in [0.5, 0.6) is 0 Å². The predicted molar refractivity (Wildman–Crippen MR) is 81.6 cm³/mol. The van der Waals surface area contributed by atoms with Gasteiger partial charge in [0.15, 0.2) is 11.5 Å². The van der Waals surface area contributed by atoms with E-state index < -0.39 is 0 Å². The van der Waals surface area contributed by atoms with Crippen LogP contribution in [0.3, 0.4) is 0 Å². The Balaban J connectivity index is 1.70. The number of amides is 1. The highest BCUT2D eigenvalue weighted by molar-refractivity contribution is 5.74. The molecular weight excluding hydrogens is 280 g/mol. The molecule has 2 saturated heterocycles. The third kappa shape index (κ3) is 1.88. The van der Waals surface area contributed by atoms with Gasteiger partial charge in [-0.2, -0.15) is 4.52 Å². The maximum absolute atomic E-state index is 11.7. The fraction of sp³-hybridized carbons (Fsp3) is 0.600. The minimum Gasteiger partial charge on any atom is -0.347 e. The van der Waals surface area contributed by atoms with E-state index in [0.29, 0.717) is 18.0 Å². The minimum absolute atomic E-state index is 0.167. The van der Waals surface area contributed by atoms with Gasteiger partial charge in [0.2, 0.25) is 5.91 Å². The molecule has 0 N–H and O–H groups in total. The summed E-state index contributed by atoms with van der Waals surface area (Å²) in [7, 11) is 0. The van der Waals surface area contributed by atoms with Gasteiger partial charge in [0.25, 0.3) is 0 Å². The molecule has 22 heavy (non-hydrogen) atoms. The molecule has 2 aromatic heterocycles. The van der Waals surface area contributed by atoms with E-state index in [4.69, 9.17) is 5.10 Å². The molecule has 2 aliphatic heterocycles. The summed E-state index contributed by atoms with van der Waals surface area (Å²) >= 11 is 0. The highest BCUT2D eigenvalue weighted by atomic mass is 16.2. The van der Waals surface area contributed by atoms with Crippen LogP contribution < -0.4 is 4.90 Å². The van der Waals surface area contributed by atoms with Crippen LogP contribution in [0.4, 0.5) is 5.82 Å². The number of anilines is 1. The van der Waals surface area contributed by atoms with Gasteiger partial charge < -0.3 is 9.80 Å². The zero-order valence-corrected chi connectivity index (χ0v) is 13.1. The molecule has 7 nitrogen and oxygen atoms in total. The number of carbonyl (C=O) groups is 1. The maximum Gasteiger partial charge on any atom is 0.219 e. The van der Waals surface area contributed by atoms with Crippen molar-refractivity contribution in [3.8, 4) is 0 Å². The summed E-state index contributed by atoms with van der Waals surface area (Å²) in [5.74, 6) is 2.44. The number of aryl methyl sites for hydroxylation is 1. The van der Waals surface area contributed by atoms with Crippen molar-refractivity contribution in [2.75, 3.05) is 18.0 Å².